The summed E-state index contributed by atoms with van der Waals surface area (Å²) in [6.45, 7) is 6.38. The van der Waals surface area contributed by atoms with Gasteiger partial charge in [0.1, 0.15) is 5.82 Å². The summed E-state index contributed by atoms with van der Waals surface area (Å²) in [6.07, 6.45) is 3.46. The molecule has 2 heterocycles. The molecule has 1 saturated heterocycles. The van der Waals surface area contributed by atoms with Gasteiger partial charge >= 0.3 is 0 Å². The van der Waals surface area contributed by atoms with E-state index < -0.39 is 0 Å². The van der Waals surface area contributed by atoms with Crippen molar-refractivity contribution in [3.8, 4) is 0 Å². The van der Waals surface area contributed by atoms with Crippen LogP contribution in [0.4, 0.5) is 0 Å². The lowest BCUT2D eigenvalue weighted by molar-refractivity contribution is 0.445. The highest BCUT2D eigenvalue weighted by atomic mass is 14.9. The van der Waals surface area contributed by atoms with Crippen molar-refractivity contribution in [3.63, 3.8) is 0 Å². The minimum Gasteiger partial charge on any atom is -0.316 e. The van der Waals surface area contributed by atoms with Crippen LogP contribution >= 0.6 is 0 Å². The quantitative estimate of drug-likeness (QED) is 0.800. The molecule has 3 nitrogen and oxygen atoms in total. The van der Waals surface area contributed by atoms with Gasteiger partial charge in [-0.2, -0.15) is 0 Å². The van der Waals surface area contributed by atoms with Crippen molar-refractivity contribution in [2.45, 2.75) is 39.0 Å². The zero-order valence-corrected chi connectivity index (χ0v) is 9.58. The molecule has 2 rings (SSSR count). The fraction of sp³-hybridized carbons (Fsp3) is 0.667. The number of aromatic nitrogens is 2. The van der Waals surface area contributed by atoms with Crippen LogP contribution in [0.3, 0.4) is 0 Å². The molecule has 1 fully saturated rings. The Morgan fingerprint density at radius 1 is 1.47 bits per heavy atom. The molecule has 0 amide bonds. The molecule has 1 aliphatic rings. The average molecular weight is 205 g/mol. The Bertz CT molecular complexity index is 330. The molecule has 1 aromatic rings. The van der Waals surface area contributed by atoms with E-state index in [9.17, 15) is 0 Å². The Morgan fingerprint density at radius 2 is 2.33 bits per heavy atom. The van der Waals surface area contributed by atoms with Crippen LogP contribution in [0.15, 0.2) is 6.07 Å². The van der Waals surface area contributed by atoms with Crippen LogP contribution in [0.25, 0.3) is 0 Å². The van der Waals surface area contributed by atoms with E-state index in [0.29, 0.717) is 5.92 Å². The van der Waals surface area contributed by atoms with Gasteiger partial charge in [-0.1, -0.05) is 6.92 Å². The molecule has 3 heteroatoms. The first kappa shape index (κ1) is 10.6. The van der Waals surface area contributed by atoms with E-state index >= 15 is 0 Å². The van der Waals surface area contributed by atoms with E-state index in [4.69, 9.17) is 0 Å². The van der Waals surface area contributed by atoms with Crippen LogP contribution in [0.1, 0.15) is 42.9 Å². The molecule has 1 aromatic heterocycles. The van der Waals surface area contributed by atoms with Gasteiger partial charge in [0.05, 0.1) is 0 Å². The molecule has 82 valence electrons. The molecular formula is C12H19N3. The van der Waals surface area contributed by atoms with Crippen molar-refractivity contribution in [1.29, 1.82) is 0 Å². The summed E-state index contributed by atoms with van der Waals surface area (Å²) in [5, 5.41) is 3.41. The summed E-state index contributed by atoms with van der Waals surface area (Å²) in [4.78, 5) is 9.18. The molecule has 1 unspecified atom stereocenters. The van der Waals surface area contributed by atoms with Gasteiger partial charge < -0.3 is 5.32 Å². The van der Waals surface area contributed by atoms with Gasteiger partial charge in [0.25, 0.3) is 0 Å². The smallest absolute Gasteiger partial charge is 0.133 e. The number of hydrogen-bond donors (Lipinski definition) is 1. The second-order valence-corrected chi connectivity index (χ2v) is 4.26. The first-order chi connectivity index (χ1) is 7.29. The summed E-state index contributed by atoms with van der Waals surface area (Å²) in [7, 11) is 0. The third kappa shape index (κ3) is 2.53. The fourth-order valence-corrected chi connectivity index (χ4v) is 2.09. The van der Waals surface area contributed by atoms with E-state index in [-0.39, 0.29) is 0 Å². The normalized spacial score (nSPS) is 21.6. The Labute approximate surface area is 91.3 Å². The van der Waals surface area contributed by atoms with Gasteiger partial charge in [0.2, 0.25) is 0 Å². The third-order valence-electron chi connectivity index (χ3n) is 2.95. The molecular weight excluding hydrogens is 186 g/mol. The zero-order valence-electron chi connectivity index (χ0n) is 9.58. The largest absolute Gasteiger partial charge is 0.316 e. The Morgan fingerprint density at radius 3 is 3.00 bits per heavy atom. The molecule has 15 heavy (non-hydrogen) atoms. The fourth-order valence-electron chi connectivity index (χ4n) is 2.09. The summed E-state index contributed by atoms with van der Waals surface area (Å²) in [6, 6.07) is 2.08. The second-order valence-electron chi connectivity index (χ2n) is 4.26. The van der Waals surface area contributed by atoms with Crippen LogP contribution in [-0.4, -0.2) is 23.1 Å². The van der Waals surface area contributed by atoms with Gasteiger partial charge in [0.15, 0.2) is 0 Å². The minimum atomic E-state index is 0.518. The highest BCUT2D eigenvalue weighted by Crippen LogP contribution is 2.20. The Hall–Kier alpha value is -0.960. The third-order valence-corrected chi connectivity index (χ3v) is 2.95. The summed E-state index contributed by atoms with van der Waals surface area (Å²) >= 11 is 0. The molecule has 0 aliphatic carbocycles. The van der Waals surface area contributed by atoms with Crippen LogP contribution in [0.5, 0.6) is 0 Å². The molecule has 1 aliphatic heterocycles. The summed E-state index contributed by atoms with van der Waals surface area (Å²) < 4.78 is 0. The van der Waals surface area contributed by atoms with Crippen molar-refractivity contribution < 1.29 is 0 Å². The van der Waals surface area contributed by atoms with E-state index in [0.717, 1.165) is 31.0 Å². The number of rotatable bonds is 2. The first-order valence-electron chi connectivity index (χ1n) is 5.84. The van der Waals surface area contributed by atoms with E-state index in [1.807, 2.05) is 0 Å². The van der Waals surface area contributed by atoms with Crippen molar-refractivity contribution in [2.75, 3.05) is 13.1 Å². The second kappa shape index (κ2) is 4.71. The first-order valence-corrected chi connectivity index (χ1v) is 5.84. The number of nitrogens with one attached hydrogen (secondary N) is 1. The summed E-state index contributed by atoms with van der Waals surface area (Å²) in [5.74, 6) is 1.56. The standard InChI is InChI=1S/C12H19N3/c1-3-11-7-9(2)14-12(15-11)10-5-4-6-13-8-10/h7,10,13H,3-6,8H2,1-2H3. The predicted octanol–water partition coefficient (Wildman–Crippen LogP) is 1.81. The van der Waals surface area contributed by atoms with Gasteiger partial charge in [-0.3, -0.25) is 0 Å². The summed E-state index contributed by atoms with van der Waals surface area (Å²) in [5.41, 5.74) is 2.27. The minimum absolute atomic E-state index is 0.518. The maximum Gasteiger partial charge on any atom is 0.133 e. The van der Waals surface area contributed by atoms with E-state index in [2.05, 4.69) is 35.2 Å². The monoisotopic (exact) mass is 205 g/mol. The SMILES string of the molecule is CCc1cc(C)nc(C2CCCNC2)n1. The molecule has 0 saturated carbocycles. The Kier molecular flexibility index (Phi) is 3.31. The van der Waals surface area contributed by atoms with Gasteiger partial charge in [0, 0.05) is 23.9 Å². The molecule has 1 N–H and O–H groups in total. The van der Waals surface area contributed by atoms with Crippen molar-refractivity contribution in [3.05, 3.63) is 23.3 Å². The lowest BCUT2D eigenvalue weighted by Gasteiger charge is -2.22. The van der Waals surface area contributed by atoms with Gasteiger partial charge in [-0.25, -0.2) is 9.97 Å². The Balaban J connectivity index is 2.22. The van der Waals surface area contributed by atoms with Crippen molar-refractivity contribution >= 4 is 0 Å². The average Bonchev–Trinajstić information content (AvgIpc) is 2.29. The lowest BCUT2D eigenvalue weighted by atomic mass is 9.98. The molecule has 0 radical (unpaired) electrons. The number of hydrogen-bond acceptors (Lipinski definition) is 3. The maximum absolute atomic E-state index is 4.62. The van der Waals surface area contributed by atoms with Crippen LogP contribution < -0.4 is 5.32 Å². The number of aryl methyl sites for hydroxylation is 2. The van der Waals surface area contributed by atoms with Gasteiger partial charge in [-0.05, 0) is 38.8 Å². The topological polar surface area (TPSA) is 37.8 Å². The highest BCUT2D eigenvalue weighted by Gasteiger charge is 2.18. The zero-order chi connectivity index (χ0) is 10.7. The van der Waals surface area contributed by atoms with Crippen molar-refractivity contribution in [1.82, 2.24) is 15.3 Å². The maximum atomic E-state index is 4.62. The van der Waals surface area contributed by atoms with Crippen LogP contribution in [0.2, 0.25) is 0 Å². The van der Waals surface area contributed by atoms with E-state index in [1.165, 1.54) is 18.5 Å². The lowest BCUT2D eigenvalue weighted by Crippen LogP contribution is -2.29. The highest BCUT2D eigenvalue weighted by molar-refractivity contribution is 5.12. The number of nitrogens with zero attached hydrogens (tertiary/aromatic N) is 2. The number of piperidine rings is 1. The molecule has 0 aromatic carbocycles. The van der Waals surface area contributed by atoms with Crippen LogP contribution in [0, 0.1) is 6.92 Å². The molecule has 1 atom stereocenters. The molecule has 0 spiro atoms. The predicted molar refractivity (Wildman–Crippen MR) is 61.0 cm³/mol. The van der Waals surface area contributed by atoms with E-state index in [1.54, 1.807) is 0 Å². The molecule has 0 bridgehead atoms. The van der Waals surface area contributed by atoms with Gasteiger partial charge in [-0.15, -0.1) is 0 Å². The van der Waals surface area contributed by atoms with Crippen molar-refractivity contribution in [2.24, 2.45) is 0 Å². The van der Waals surface area contributed by atoms with Crippen LogP contribution in [-0.2, 0) is 6.42 Å².